The normalized spacial score (nSPS) is 37.2. The van der Waals surface area contributed by atoms with E-state index in [1.54, 1.807) is 0 Å². The summed E-state index contributed by atoms with van der Waals surface area (Å²) in [7, 11) is 0. The molecule has 0 aliphatic heterocycles. The van der Waals surface area contributed by atoms with E-state index in [4.69, 9.17) is 4.42 Å². The van der Waals surface area contributed by atoms with E-state index >= 15 is 0 Å². The predicted octanol–water partition coefficient (Wildman–Crippen LogP) is 4.69. The van der Waals surface area contributed by atoms with Gasteiger partial charge in [0, 0.05) is 11.3 Å². The predicted molar refractivity (Wildman–Crippen MR) is 81.1 cm³/mol. The second-order valence-electron chi connectivity index (χ2n) is 7.47. The molecule has 4 bridgehead atoms. The lowest BCUT2D eigenvalue weighted by Gasteiger charge is -2.53. The van der Waals surface area contributed by atoms with E-state index in [0.29, 0.717) is 17.6 Å². The molecule has 21 heavy (non-hydrogen) atoms. The minimum atomic E-state index is 0.235. The first kappa shape index (κ1) is 12.0. The lowest BCUT2D eigenvalue weighted by molar-refractivity contribution is -0.0260. The van der Waals surface area contributed by atoms with Gasteiger partial charge in [-0.1, -0.05) is 18.2 Å². The van der Waals surface area contributed by atoms with Crippen LogP contribution in [0, 0.1) is 29.6 Å². The third-order valence-corrected chi connectivity index (χ3v) is 6.20. The molecule has 4 aliphatic rings. The summed E-state index contributed by atoms with van der Waals surface area (Å²) in [5.41, 5.74) is 0.838. The maximum atomic E-state index is 13.0. The molecule has 4 saturated carbocycles. The quantitative estimate of drug-likeness (QED) is 0.747. The Balaban J connectivity index is 1.50. The molecule has 6 rings (SSSR count). The summed E-state index contributed by atoms with van der Waals surface area (Å²) in [4.78, 5) is 13.0. The van der Waals surface area contributed by atoms with Crippen LogP contribution < -0.4 is 0 Å². The highest BCUT2D eigenvalue weighted by atomic mass is 16.3. The Kier molecular flexibility index (Phi) is 2.42. The van der Waals surface area contributed by atoms with Gasteiger partial charge in [-0.25, -0.2) is 0 Å². The summed E-state index contributed by atoms with van der Waals surface area (Å²) in [6.07, 6.45) is 6.55. The van der Waals surface area contributed by atoms with Crippen molar-refractivity contribution in [3.05, 3.63) is 36.1 Å². The first-order chi connectivity index (χ1) is 10.3. The standard InChI is InChI=1S/C19H20O2/c20-19(17-10-13-3-1-2-4-16(13)21-17)18-14-6-11-5-12(8-14)9-15(18)7-11/h1-4,10-12,14-15,18H,5-9H2. The highest BCUT2D eigenvalue weighted by molar-refractivity contribution is 5.99. The van der Waals surface area contributed by atoms with Crippen molar-refractivity contribution in [1.29, 1.82) is 0 Å². The van der Waals surface area contributed by atoms with Gasteiger partial charge in [0.1, 0.15) is 5.58 Å². The Morgan fingerprint density at radius 1 is 0.952 bits per heavy atom. The van der Waals surface area contributed by atoms with Crippen molar-refractivity contribution in [2.75, 3.05) is 0 Å². The summed E-state index contributed by atoms with van der Waals surface area (Å²) in [5.74, 6) is 4.18. The number of carbonyl (C=O) groups is 1. The van der Waals surface area contributed by atoms with Crippen molar-refractivity contribution in [2.45, 2.75) is 32.1 Å². The Hall–Kier alpha value is -1.57. The zero-order chi connectivity index (χ0) is 14.0. The number of rotatable bonds is 2. The number of hydrogen-bond acceptors (Lipinski definition) is 2. The molecule has 2 heteroatoms. The molecule has 0 radical (unpaired) electrons. The summed E-state index contributed by atoms with van der Waals surface area (Å²) < 4.78 is 5.84. The van der Waals surface area contributed by atoms with Crippen LogP contribution in [0.2, 0.25) is 0 Å². The molecule has 0 amide bonds. The van der Waals surface area contributed by atoms with E-state index in [0.717, 1.165) is 22.8 Å². The van der Waals surface area contributed by atoms with Gasteiger partial charge in [0.05, 0.1) is 0 Å². The second-order valence-corrected chi connectivity index (χ2v) is 7.47. The van der Waals surface area contributed by atoms with Crippen LogP contribution in [0.25, 0.3) is 11.0 Å². The van der Waals surface area contributed by atoms with Crippen molar-refractivity contribution in [3.63, 3.8) is 0 Å². The highest BCUT2D eigenvalue weighted by Gasteiger charge is 2.51. The fourth-order valence-electron chi connectivity index (χ4n) is 5.62. The SMILES string of the molecule is O=C(c1cc2ccccc2o1)C1C2CC3CC(C2)CC1C3. The smallest absolute Gasteiger partial charge is 0.201 e. The number of ketones is 1. The maximum Gasteiger partial charge on any atom is 0.201 e. The van der Waals surface area contributed by atoms with Crippen LogP contribution in [0.3, 0.4) is 0 Å². The Labute approximate surface area is 124 Å². The molecule has 1 aromatic heterocycles. The first-order valence-electron chi connectivity index (χ1n) is 8.30. The molecule has 1 aromatic carbocycles. The fourth-order valence-corrected chi connectivity index (χ4v) is 5.62. The Morgan fingerprint density at radius 3 is 2.29 bits per heavy atom. The molecule has 0 saturated heterocycles. The number of Topliss-reactive ketones (excluding diaryl/α,β-unsaturated/α-hetero) is 1. The minimum absolute atomic E-state index is 0.235. The van der Waals surface area contributed by atoms with Gasteiger partial charge in [0.15, 0.2) is 5.76 Å². The molecule has 0 atom stereocenters. The molecular formula is C19H20O2. The van der Waals surface area contributed by atoms with E-state index in [1.165, 1.54) is 32.1 Å². The molecule has 4 fully saturated rings. The minimum Gasteiger partial charge on any atom is -0.453 e. The summed E-state index contributed by atoms with van der Waals surface area (Å²) >= 11 is 0. The zero-order valence-corrected chi connectivity index (χ0v) is 12.1. The molecule has 0 spiro atoms. The van der Waals surface area contributed by atoms with Crippen molar-refractivity contribution in [3.8, 4) is 0 Å². The molecule has 2 nitrogen and oxygen atoms in total. The highest BCUT2D eigenvalue weighted by Crippen LogP contribution is 2.57. The van der Waals surface area contributed by atoms with Crippen LogP contribution in [0.1, 0.15) is 42.7 Å². The van der Waals surface area contributed by atoms with Crippen molar-refractivity contribution >= 4 is 16.8 Å². The lowest BCUT2D eigenvalue weighted by Crippen LogP contribution is -2.47. The van der Waals surface area contributed by atoms with Crippen LogP contribution in [0.15, 0.2) is 34.7 Å². The molecule has 0 N–H and O–H groups in total. The topological polar surface area (TPSA) is 30.2 Å². The Morgan fingerprint density at radius 2 is 1.62 bits per heavy atom. The van der Waals surface area contributed by atoms with Gasteiger partial charge in [-0.3, -0.25) is 4.79 Å². The second kappa shape index (κ2) is 4.22. The molecule has 0 unspecified atom stereocenters. The molecular weight excluding hydrogens is 260 g/mol. The number of benzene rings is 1. The van der Waals surface area contributed by atoms with E-state index in [-0.39, 0.29) is 11.7 Å². The summed E-state index contributed by atoms with van der Waals surface area (Å²) in [5, 5.41) is 1.05. The van der Waals surface area contributed by atoms with Crippen molar-refractivity contribution < 1.29 is 9.21 Å². The number of carbonyl (C=O) groups excluding carboxylic acids is 1. The van der Waals surface area contributed by atoms with Crippen LogP contribution >= 0.6 is 0 Å². The number of hydrogen-bond donors (Lipinski definition) is 0. The summed E-state index contributed by atoms with van der Waals surface area (Å²) in [6.45, 7) is 0. The van der Waals surface area contributed by atoms with E-state index in [2.05, 4.69) is 0 Å². The van der Waals surface area contributed by atoms with Gasteiger partial charge >= 0.3 is 0 Å². The molecule has 2 aromatic rings. The number of furan rings is 1. The van der Waals surface area contributed by atoms with Crippen LogP contribution in [-0.4, -0.2) is 5.78 Å². The molecule has 1 heterocycles. The fraction of sp³-hybridized carbons (Fsp3) is 0.526. The van der Waals surface area contributed by atoms with Crippen LogP contribution in [-0.2, 0) is 0 Å². The van der Waals surface area contributed by atoms with E-state index < -0.39 is 0 Å². The van der Waals surface area contributed by atoms with E-state index in [1.807, 2.05) is 30.3 Å². The van der Waals surface area contributed by atoms with Gasteiger partial charge in [0.2, 0.25) is 5.78 Å². The average molecular weight is 280 g/mol. The summed E-state index contributed by atoms with van der Waals surface area (Å²) in [6, 6.07) is 9.87. The number of fused-ring (bicyclic) bond motifs is 1. The van der Waals surface area contributed by atoms with Crippen molar-refractivity contribution in [2.24, 2.45) is 29.6 Å². The van der Waals surface area contributed by atoms with Gasteiger partial charge in [-0.2, -0.15) is 0 Å². The van der Waals surface area contributed by atoms with Crippen LogP contribution in [0.4, 0.5) is 0 Å². The number of para-hydroxylation sites is 1. The average Bonchev–Trinajstić information content (AvgIpc) is 2.89. The lowest BCUT2D eigenvalue weighted by atomic mass is 9.51. The van der Waals surface area contributed by atoms with Gasteiger partial charge in [-0.15, -0.1) is 0 Å². The Bertz CT molecular complexity index is 650. The maximum absolute atomic E-state index is 13.0. The van der Waals surface area contributed by atoms with Gasteiger partial charge in [-0.05, 0) is 67.9 Å². The monoisotopic (exact) mass is 280 g/mol. The van der Waals surface area contributed by atoms with Gasteiger partial charge < -0.3 is 4.42 Å². The van der Waals surface area contributed by atoms with Gasteiger partial charge in [0.25, 0.3) is 0 Å². The van der Waals surface area contributed by atoms with E-state index in [9.17, 15) is 4.79 Å². The van der Waals surface area contributed by atoms with Crippen LogP contribution in [0.5, 0.6) is 0 Å². The van der Waals surface area contributed by atoms with Crippen molar-refractivity contribution in [1.82, 2.24) is 0 Å². The third kappa shape index (κ3) is 1.74. The molecule has 4 aliphatic carbocycles. The zero-order valence-electron chi connectivity index (χ0n) is 12.1. The molecule has 108 valence electrons. The first-order valence-corrected chi connectivity index (χ1v) is 8.30. The third-order valence-electron chi connectivity index (χ3n) is 6.20. The largest absolute Gasteiger partial charge is 0.453 e.